The number of hydrogen-bond donors (Lipinski definition) is 1. The summed E-state index contributed by atoms with van der Waals surface area (Å²) in [7, 11) is 0. The van der Waals surface area contributed by atoms with Crippen molar-refractivity contribution in [3.05, 3.63) is 51.4 Å². The van der Waals surface area contributed by atoms with Gasteiger partial charge in [-0.3, -0.25) is 9.69 Å². The third-order valence-electron chi connectivity index (χ3n) is 4.83. The number of nitrogens with zero attached hydrogens (tertiary/aromatic N) is 2. The van der Waals surface area contributed by atoms with E-state index in [0.717, 1.165) is 24.8 Å². The predicted molar refractivity (Wildman–Crippen MR) is 102 cm³/mol. The maximum absolute atomic E-state index is 13.8. The molecule has 0 fully saturated rings. The number of nitriles is 1. The molecule has 1 aromatic carbocycles. The molecule has 4 nitrogen and oxygen atoms in total. The molecule has 1 aromatic heterocycles. The van der Waals surface area contributed by atoms with Crippen LogP contribution in [0.3, 0.4) is 0 Å². The van der Waals surface area contributed by atoms with Crippen molar-refractivity contribution in [3.63, 3.8) is 0 Å². The van der Waals surface area contributed by atoms with E-state index in [-0.39, 0.29) is 24.4 Å². The fourth-order valence-electron chi connectivity index (χ4n) is 3.32. The van der Waals surface area contributed by atoms with E-state index in [2.05, 4.69) is 11.4 Å². The van der Waals surface area contributed by atoms with Crippen LogP contribution in [0.5, 0.6) is 0 Å². The minimum atomic E-state index is -0.579. The van der Waals surface area contributed by atoms with Crippen molar-refractivity contribution in [1.82, 2.24) is 4.90 Å². The second-order valence-electron chi connectivity index (χ2n) is 6.54. The highest BCUT2D eigenvalue weighted by Gasteiger charge is 2.23. The van der Waals surface area contributed by atoms with Gasteiger partial charge in [0.2, 0.25) is 5.91 Å². The molecule has 1 N–H and O–H groups in total. The number of carbonyl (C=O) groups is 1. The monoisotopic (exact) mass is 389 g/mol. The first kappa shape index (κ1) is 19.5. The Labute approximate surface area is 161 Å². The number of carbonyl (C=O) groups excluding carboxylic acids is 1. The smallest absolute Gasteiger partial charge is 0.226 e. The van der Waals surface area contributed by atoms with Gasteiger partial charge in [-0.15, -0.1) is 11.3 Å². The third-order valence-corrected chi connectivity index (χ3v) is 6.04. The summed E-state index contributed by atoms with van der Waals surface area (Å²) in [4.78, 5) is 15.3. The minimum absolute atomic E-state index is 0.0150. The number of rotatable bonds is 7. The van der Waals surface area contributed by atoms with Gasteiger partial charge in [-0.1, -0.05) is 13.0 Å². The molecule has 142 valence electrons. The Hall–Kier alpha value is -2.30. The highest BCUT2D eigenvalue weighted by molar-refractivity contribution is 7.16. The number of nitrogens with one attached hydrogen (secondary N) is 1. The van der Waals surface area contributed by atoms with Gasteiger partial charge in [0.15, 0.2) is 0 Å². The fourth-order valence-corrected chi connectivity index (χ4v) is 4.57. The molecule has 3 rings (SSSR count). The average Bonchev–Trinajstić information content (AvgIpc) is 3.21. The highest BCUT2D eigenvalue weighted by atomic mass is 32.1. The Morgan fingerprint density at radius 1 is 1.33 bits per heavy atom. The zero-order valence-electron chi connectivity index (χ0n) is 15.1. The van der Waals surface area contributed by atoms with Crippen molar-refractivity contribution >= 4 is 22.2 Å². The van der Waals surface area contributed by atoms with Gasteiger partial charge in [-0.2, -0.15) is 5.26 Å². The zero-order chi connectivity index (χ0) is 19.4. The molecule has 0 saturated carbocycles. The van der Waals surface area contributed by atoms with Crippen LogP contribution >= 0.6 is 11.3 Å². The Morgan fingerprint density at radius 2 is 2.07 bits per heavy atom. The molecule has 27 heavy (non-hydrogen) atoms. The van der Waals surface area contributed by atoms with Crippen molar-refractivity contribution in [1.29, 1.82) is 5.26 Å². The van der Waals surface area contributed by atoms with Gasteiger partial charge >= 0.3 is 0 Å². The van der Waals surface area contributed by atoms with Gasteiger partial charge in [-0.25, -0.2) is 8.78 Å². The first-order valence-corrected chi connectivity index (χ1v) is 9.84. The molecule has 0 spiro atoms. The Bertz CT molecular complexity index is 868. The number of hydrogen-bond acceptors (Lipinski definition) is 4. The second-order valence-corrected chi connectivity index (χ2v) is 7.65. The largest absolute Gasteiger partial charge is 0.317 e. The van der Waals surface area contributed by atoms with E-state index < -0.39 is 11.6 Å². The number of fused-ring (bicyclic) bond motifs is 1. The normalized spacial score (nSPS) is 12.9. The van der Waals surface area contributed by atoms with Gasteiger partial charge in [0.05, 0.1) is 5.56 Å². The molecule has 1 aliphatic rings. The highest BCUT2D eigenvalue weighted by Crippen LogP contribution is 2.38. The van der Waals surface area contributed by atoms with E-state index in [1.807, 2.05) is 11.8 Å². The molecule has 0 saturated heterocycles. The first-order valence-electron chi connectivity index (χ1n) is 9.03. The fraction of sp³-hybridized carbons (Fsp3) is 0.400. The van der Waals surface area contributed by atoms with Gasteiger partial charge in [-0.05, 0) is 43.5 Å². The molecular formula is C20H21F2N3OS. The Balaban J connectivity index is 1.59. The number of halogens is 2. The molecule has 0 bridgehead atoms. The second kappa shape index (κ2) is 8.59. The van der Waals surface area contributed by atoms with Crippen molar-refractivity contribution in [2.24, 2.45) is 0 Å². The summed E-state index contributed by atoms with van der Waals surface area (Å²) in [5.41, 5.74) is 1.67. The third kappa shape index (κ3) is 4.34. The number of aryl methyl sites for hydroxylation is 1. The van der Waals surface area contributed by atoms with E-state index >= 15 is 0 Å². The van der Waals surface area contributed by atoms with Crippen molar-refractivity contribution in [3.8, 4) is 6.07 Å². The molecule has 1 heterocycles. The number of benzene rings is 1. The van der Waals surface area contributed by atoms with E-state index in [1.165, 1.54) is 34.4 Å². The van der Waals surface area contributed by atoms with Gasteiger partial charge in [0.25, 0.3) is 0 Å². The summed E-state index contributed by atoms with van der Waals surface area (Å²) in [6, 6.07) is 6.01. The quantitative estimate of drug-likeness (QED) is 0.771. The van der Waals surface area contributed by atoms with Crippen LogP contribution < -0.4 is 5.32 Å². The average molecular weight is 389 g/mol. The van der Waals surface area contributed by atoms with E-state index in [1.54, 1.807) is 0 Å². The lowest BCUT2D eigenvalue weighted by Crippen LogP contribution is -2.28. The lowest BCUT2D eigenvalue weighted by Gasteiger charge is -2.20. The van der Waals surface area contributed by atoms with E-state index in [4.69, 9.17) is 0 Å². The lowest BCUT2D eigenvalue weighted by atomic mass is 10.1. The predicted octanol–water partition coefficient (Wildman–Crippen LogP) is 4.24. The van der Waals surface area contributed by atoms with Crippen LogP contribution in [0, 0.1) is 23.0 Å². The van der Waals surface area contributed by atoms with Crippen molar-refractivity contribution in [2.45, 2.75) is 39.2 Å². The topological polar surface area (TPSA) is 56.1 Å². The molecular weight excluding hydrogens is 368 g/mol. The van der Waals surface area contributed by atoms with Crippen LogP contribution in [0.2, 0.25) is 0 Å². The summed E-state index contributed by atoms with van der Waals surface area (Å²) in [5, 5.41) is 12.8. The van der Waals surface area contributed by atoms with E-state index in [9.17, 15) is 18.8 Å². The van der Waals surface area contributed by atoms with Crippen LogP contribution in [0.4, 0.5) is 13.8 Å². The minimum Gasteiger partial charge on any atom is -0.317 e. The van der Waals surface area contributed by atoms with Crippen LogP contribution in [-0.2, 0) is 24.2 Å². The molecule has 1 amide bonds. The van der Waals surface area contributed by atoms with Crippen molar-refractivity contribution in [2.75, 3.05) is 18.4 Å². The Kier molecular flexibility index (Phi) is 6.19. The van der Waals surface area contributed by atoms with E-state index in [0.29, 0.717) is 23.7 Å². The maximum atomic E-state index is 13.8. The first-order chi connectivity index (χ1) is 13.0. The van der Waals surface area contributed by atoms with Crippen molar-refractivity contribution < 1.29 is 13.6 Å². The zero-order valence-corrected chi connectivity index (χ0v) is 16.0. The molecule has 0 radical (unpaired) electrons. The van der Waals surface area contributed by atoms with Gasteiger partial charge < -0.3 is 5.32 Å². The summed E-state index contributed by atoms with van der Waals surface area (Å²) in [6.45, 7) is 2.94. The summed E-state index contributed by atoms with van der Waals surface area (Å²) in [6.07, 6.45) is 3.10. The molecule has 7 heteroatoms. The number of thiophene rings is 1. The molecule has 0 unspecified atom stereocenters. The van der Waals surface area contributed by atoms with Crippen LogP contribution in [0.15, 0.2) is 18.2 Å². The molecule has 2 aromatic rings. The maximum Gasteiger partial charge on any atom is 0.226 e. The van der Waals surface area contributed by atoms with Crippen LogP contribution in [0.1, 0.15) is 41.3 Å². The van der Waals surface area contributed by atoms with Gasteiger partial charge in [0.1, 0.15) is 22.7 Å². The molecule has 0 aliphatic heterocycles. The molecule has 0 atom stereocenters. The summed E-state index contributed by atoms with van der Waals surface area (Å²) < 4.78 is 27.6. The summed E-state index contributed by atoms with van der Waals surface area (Å²) >= 11 is 1.48. The van der Waals surface area contributed by atoms with Crippen LogP contribution in [-0.4, -0.2) is 23.9 Å². The molecule has 1 aliphatic carbocycles. The number of anilines is 1. The SMILES string of the molecule is CCN(CCC(=O)Nc1sc2c(c1C#N)CCC2)Cc1c(F)cccc1F. The lowest BCUT2D eigenvalue weighted by molar-refractivity contribution is -0.116. The summed E-state index contributed by atoms with van der Waals surface area (Å²) in [5.74, 6) is -1.35. The van der Waals surface area contributed by atoms with Crippen LogP contribution in [0.25, 0.3) is 0 Å². The number of amides is 1. The standard InChI is InChI=1S/C20H21F2N3OS/c1-2-25(12-15-16(21)6-4-7-17(15)22)10-9-19(26)24-20-14(11-23)13-5-3-8-18(13)27-20/h4,6-7H,2-3,5,8-10,12H2,1H3,(H,24,26). The van der Waals surface area contributed by atoms with Gasteiger partial charge in [0, 0.05) is 30.0 Å². The Morgan fingerprint density at radius 3 is 2.74 bits per heavy atom.